The SMILES string of the molecule is CCOC(=O)Cc1sccc1Nc1c(C)cccc1Cl. The molecule has 106 valence electrons. The Balaban J connectivity index is 2.19. The van der Waals surface area contributed by atoms with E-state index in [-0.39, 0.29) is 12.4 Å². The Morgan fingerprint density at radius 1 is 1.40 bits per heavy atom. The van der Waals surface area contributed by atoms with Gasteiger partial charge in [-0.25, -0.2) is 0 Å². The Bertz CT molecular complexity index is 589. The van der Waals surface area contributed by atoms with Crippen molar-refractivity contribution in [2.75, 3.05) is 11.9 Å². The number of nitrogens with one attached hydrogen (secondary N) is 1. The van der Waals surface area contributed by atoms with Gasteiger partial charge in [0.25, 0.3) is 0 Å². The van der Waals surface area contributed by atoms with Crippen molar-refractivity contribution in [2.45, 2.75) is 20.3 Å². The maximum Gasteiger partial charge on any atom is 0.311 e. The minimum absolute atomic E-state index is 0.214. The lowest BCUT2D eigenvalue weighted by Gasteiger charge is -2.12. The third-order valence-electron chi connectivity index (χ3n) is 2.84. The Kier molecular flexibility index (Phi) is 5.04. The molecule has 0 saturated heterocycles. The molecule has 3 nitrogen and oxygen atoms in total. The minimum atomic E-state index is -0.214. The second-order valence-electron chi connectivity index (χ2n) is 4.30. The molecule has 0 saturated carbocycles. The lowest BCUT2D eigenvalue weighted by Crippen LogP contribution is -2.07. The number of hydrogen-bond donors (Lipinski definition) is 1. The molecule has 1 heterocycles. The van der Waals surface area contributed by atoms with Crippen LogP contribution in [0.5, 0.6) is 0 Å². The van der Waals surface area contributed by atoms with Crippen LogP contribution >= 0.6 is 22.9 Å². The fourth-order valence-corrected chi connectivity index (χ4v) is 2.94. The Morgan fingerprint density at radius 3 is 2.90 bits per heavy atom. The fraction of sp³-hybridized carbons (Fsp3) is 0.267. The van der Waals surface area contributed by atoms with E-state index in [2.05, 4.69) is 5.32 Å². The molecule has 2 rings (SSSR count). The predicted molar refractivity (Wildman–Crippen MR) is 84.1 cm³/mol. The first-order chi connectivity index (χ1) is 9.61. The third-order valence-corrected chi connectivity index (χ3v) is 4.07. The van der Waals surface area contributed by atoms with E-state index in [0.717, 1.165) is 21.8 Å². The molecule has 1 aromatic heterocycles. The van der Waals surface area contributed by atoms with Gasteiger partial charge in [-0.2, -0.15) is 0 Å². The Labute approximate surface area is 127 Å². The molecule has 0 amide bonds. The molecule has 0 radical (unpaired) electrons. The number of benzene rings is 1. The minimum Gasteiger partial charge on any atom is -0.466 e. The molecule has 0 aliphatic heterocycles. The second kappa shape index (κ2) is 6.77. The van der Waals surface area contributed by atoms with Crippen molar-refractivity contribution in [3.8, 4) is 0 Å². The molecule has 0 bridgehead atoms. The van der Waals surface area contributed by atoms with Crippen molar-refractivity contribution < 1.29 is 9.53 Å². The summed E-state index contributed by atoms with van der Waals surface area (Å²) in [6.45, 7) is 4.20. The van der Waals surface area contributed by atoms with Crippen molar-refractivity contribution in [2.24, 2.45) is 0 Å². The largest absolute Gasteiger partial charge is 0.466 e. The number of halogens is 1. The molecule has 0 unspecified atom stereocenters. The summed E-state index contributed by atoms with van der Waals surface area (Å²) in [5, 5.41) is 5.92. The summed E-state index contributed by atoms with van der Waals surface area (Å²) in [7, 11) is 0. The summed E-state index contributed by atoms with van der Waals surface area (Å²) in [5.74, 6) is -0.214. The molecular weight excluding hydrogens is 294 g/mol. The molecule has 2 aromatic rings. The lowest BCUT2D eigenvalue weighted by molar-refractivity contribution is -0.142. The van der Waals surface area contributed by atoms with Gasteiger partial charge in [-0.3, -0.25) is 4.79 Å². The first-order valence-corrected chi connectivity index (χ1v) is 7.61. The van der Waals surface area contributed by atoms with Crippen LogP contribution in [-0.2, 0) is 16.0 Å². The van der Waals surface area contributed by atoms with E-state index in [0.29, 0.717) is 11.6 Å². The molecule has 20 heavy (non-hydrogen) atoms. The van der Waals surface area contributed by atoms with Crippen LogP contribution in [0.1, 0.15) is 17.4 Å². The van der Waals surface area contributed by atoms with Gasteiger partial charge in [0.1, 0.15) is 0 Å². The summed E-state index contributed by atoms with van der Waals surface area (Å²) in [5.41, 5.74) is 2.84. The molecular formula is C15H16ClNO2S. The van der Waals surface area contributed by atoms with Gasteiger partial charge in [-0.1, -0.05) is 23.7 Å². The molecule has 0 atom stereocenters. The van der Waals surface area contributed by atoms with Crippen LogP contribution in [0.3, 0.4) is 0 Å². The van der Waals surface area contributed by atoms with Crippen LogP contribution in [-0.4, -0.2) is 12.6 Å². The van der Waals surface area contributed by atoms with Gasteiger partial charge in [-0.05, 0) is 36.9 Å². The second-order valence-corrected chi connectivity index (χ2v) is 5.70. The first-order valence-electron chi connectivity index (χ1n) is 6.36. The molecule has 0 aliphatic carbocycles. The number of rotatable bonds is 5. The molecule has 1 N–H and O–H groups in total. The Hall–Kier alpha value is -1.52. The van der Waals surface area contributed by atoms with Gasteiger partial charge >= 0.3 is 5.97 Å². The van der Waals surface area contributed by atoms with Crippen LogP contribution in [0.15, 0.2) is 29.6 Å². The number of esters is 1. The molecule has 0 aliphatic rings. The normalized spacial score (nSPS) is 10.3. The zero-order valence-corrected chi connectivity index (χ0v) is 13.0. The van der Waals surface area contributed by atoms with E-state index >= 15 is 0 Å². The van der Waals surface area contributed by atoms with Gasteiger partial charge in [-0.15, -0.1) is 11.3 Å². The number of carbonyl (C=O) groups excluding carboxylic acids is 1. The topological polar surface area (TPSA) is 38.3 Å². The highest BCUT2D eigenvalue weighted by Crippen LogP contribution is 2.32. The van der Waals surface area contributed by atoms with E-state index in [9.17, 15) is 4.79 Å². The standard InChI is InChI=1S/C15H16ClNO2S/c1-3-19-14(18)9-13-12(7-8-20-13)17-15-10(2)5-4-6-11(15)16/h4-8,17H,3,9H2,1-2H3. The van der Waals surface area contributed by atoms with E-state index in [1.54, 1.807) is 6.92 Å². The predicted octanol–water partition coefficient (Wildman–Crippen LogP) is 4.56. The average Bonchev–Trinajstić information content (AvgIpc) is 2.81. The number of hydrogen-bond acceptors (Lipinski definition) is 4. The fourth-order valence-electron chi connectivity index (χ4n) is 1.86. The number of anilines is 2. The Morgan fingerprint density at radius 2 is 2.20 bits per heavy atom. The summed E-state index contributed by atoms with van der Waals surface area (Å²) in [4.78, 5) is 12.5. The number of para-hydroxylation sites is 1. The maximum atomic E-state index is 11.6. The first kappa shape index (κ1) is 14.9. The van der Waals surface area contributed by atoms with Crippen molar-refractivity contribution >= 4 is 40.3 Å². The van der Waals surface area contributed by atoms with Crippen LogP contribution in [0.4, 0.5) is 11.4 Å². The van der Waals surface area contributed by atoms with Gasteiger partial charge in [0.2, 0.25) is 0 Å². The van der Waals surface area contributed by atoms with Crippen molar-refractivity contribution in [1.82, 2.24) is 0 Å². The zero-order valence-electron chi connectivity index (χ0n) is 11.4. The quantitative estimate of drug-likeness (QED) is 0.823. The van der Waals surface area contributed by atoms with E-state index in [1.165, 1.54) is 11.3 Å². The summed E-state index contributed by atoms with van der Waals surface area (Å²) in [6.07, 6.45) is 0.275. The van der Waals surface area contributed by atoms with Gasteiger partial charge in [0.15, 0.2) is 0 Å². The molecule has 5 heteroatoms. The number of carbonyl (C=O) groups is 1. The van der Waals surface area contributed by atoms with Gasteiger partial charge < -0.3 is 10.1 Å². The number of aryl methyl sites for hydroxylation is 1. The van der Waals surface area contributed by atoms with Gasteiger partial charge in [0.05, 0.1) is 29.4 Å². The van der Waals surface area contributed by atoms with Crippen LogP contribution in [0.25, 0.3) is 0 Å². The highest BCUT2D eigenvalue weighted by Gasteiger charge is 2.12. The highest BCUT2D eigenvalue weighted by atomic mass is 35.5. The van der Waals surface area contributed by atoms with Crippen LogP contribution in [0.2, 0.25) is 5.02 Å². The lowest BCUT2D eigenvalue weighted by atomic mass is 10.2. The van der Waals surface area contributed by atoms with Crippen LogP contribution in [0, 0.1) is 6.92 Å². The van der Waals surface area contributed by atoms with Crippen LogP contribution < -0.4 is 5.32 Å². The number of thiophene rings is 1. The van der Waals surface area contributed by atoms with E-state index < -0.39 is 0 Å². The molecule has 0 fully saturated rings. The van der Waals surface area contributed by atoms with Crippen molar-refractivity contribution in [3.63, 3.8) is 0 Å². The molecule has 1 aromatic carbocycles. The van der Waals surface area contributed by atoms with Crippen molar-refractivity contribution in [1.29, 1.82) is 0 Å². The summed E-state index contributed by atoms with van der Waals surface area (Å²) < 4.78 is 4.98. The average molecular weight is 310 g/mol. The smallest absolute Gasteiger partial charge is 0.311 e. The summed E-state index contributed by atoms with van der Waals surface area (Å²) >= 11 is 7.73. The zero-order chi connectivity index (χ0) is 14.5. The van der Waals surface area contributed by atoms with E-state index in [4.69, 9.17) is 16.3 Å². The molecule has 0 spiro atoms. The maximum absolute atomic E-state index is 11.6. The van der Waals surface area contributed by atoms with E-state index in [1.807, 2.05) is 36.6 Å². The number of ether oxygens (including phenoxy) is 1. The highest BCUT2D eigenvalue weighted by molar-refractivity contribution is 7.10. The third kappa shape index (κ3) is 3.52. The monoisotopic (exact) mass is 309 g/mol. The summed E-state index contributed by atoms with van der Waals surface area (Å²) in [6, 6.07) is 7.69. The van der Waals surface area contributed by atoms with Gasteiger partial charge in [0, 0.05) is 4.88 Å². The van der Waals surface area contributed by atoms with Crippen molar-refractivity contribution in [3.05, 3.63) is 45.1 Å².